The van der Waals surface area contributed by atoms with E-state index in [9.17, 15) is 4.79 Å². The standard InChI is InChI=1S/C15H23N3O2/c1-3-11-6-8-18(12(9-11)10-16)14-13(15(19)20-2)5-4-7-17-14/h4-5,7,11-12H,3,6,8-10,16H2,1-2H3. The van der Waals surface area contributed by atoms with Crippen molar-refractivity contribution in [3.8, 4) is 0 Å². The van der Waals surface area contributed by atoms with Crippen molar-refractivity contribution >= 4 is 11.8 Å². The maximum atomic E-state index is 11.9. The molecule has 5 nitrogen and oxygen atoms in total. The summed E-state index contributed by atoms with van der Waals surface area (Å²) in [5, 5.41) is 0. The Labute approximate surface area is 120 Å². The van der Waals surface area contributed by atoms with E-state index >= 15 is 0 Å². The molecule has 5 heteroatoms. The van der Waals surface area contributed by atoms with Crippen molar-refractivity contribution in [1.82, 2.24) is 4.98 Å². The summed E-state index contributed by atoms with van der Waals surface area (Å²) in [5.41, 5.74) is 6.44. The van der Waals surface area contributed by atoms with Crippen LogP contribution in [0.5, 0.6) is 0 Å². The monoisotopic (exact) mass is 277 g/mol. The highest BCUT2D eigenvalue weighted by Gasteiger charge is 2.30. The average Bonchev–Trinajstić information content (AvgIpc) is 2.53. The summed E-state index contributed by atoms with van der Waals surface area (Å²) in [4.78, 5) is 18.4. The summed E-state index contributed by atoms with van der Waals surface area (Å²) in [5.74, 6) is 1.07. The molecule has 2 heterocycles. The number of aromatic nitrogens is 1. The quantitative estimate of drug-likeness (QED) is 0.850. The van der Waals surface area contributed by atoms with Crippen LogP contribution in [0.25, 0.3) is 0 Å². The van der Waals surface area contributed by atoms with Crippen molar-refractivity contribution < 1.29 is 9.53 Å². The summed E-state index contributed by atoms with van der Waals surface area (Å²) in [7, 11) is 1.39. The average molecular weight is 277 g/mol. The smallest absolute Gasteiger partial charge is 0.341 e. The maximum absolute atomic E-state index is 11.9. The molecule has 2 rings (SSSR count). The van der Waals surface area contributed by atoms with Crippen LogP contribution < -0.4 is 10.6 Å². The Bertz CT molecular complexity index is 464. The lowest BCUT2D eigenvalue weighted by molar-refractivity contribution is 0.0600. The molecule has 2 atom stereocenters. The van der Waals surface area contributed by atoms with Crippen LogP contribution in [0, 0.1) is 5.92 Å². The number of ether oxygens (including phenoxy) is 1. The van der Waals surface area contributed by atoms with Crippen LogP contribution in [0.15, 0.2) is 18.3 Å². The summed E-state index contributed by atoms with van der Waals surface area (Å²) >= 11 is 0. The minimum Gasteiger partial charge on any atom is -0.465 e. The molecule has 1 aromatic heterocycles. The van der Waals surface area contributed by atoms with Crippen LogP contribution >= 0.6 is 0 Å². The van der Waals surface area contributed by atoms with Gasteiger partial charge >= 0.3 is 5.97 Å². The van der Waals surface area contributed by atoms with Gasteiger partial charge < -0.3 is 15.4 Å². The second-order valence-corrected chi connectivity index (χ2v) is 5.25. The van der Waals surface area contributed by atoms with Crippen LogP contribution in [-0.4, -0.2) is 37.2 Å². The lowest BCUT2D eigenvalue weighted by atomic mass is 9.88. The zero-order valence-corrected chi connectivity index (χ0v) is 12.2. The van der Waals surface area contributed by atoms with Crippen molar-refractivity contribution in [2.45, 2.75) is 32.2 Å². The van der Waals surface area contributed by atoms with E-state index in [2.05, 4.69) is 16.8 Å². The molecule has 0 aromatic carbocycles. The number of pyridine rings is 1. The maximum Gasteiger partial charge on any atom is 0.341 e. The number of hydrogen-bond donors (Lipinski definition) is 1. The Balaban J connectivity index is 2.28. The van der Waals surface area contributed by atoms with Crippen molar-refractivity contribution in [1.29, 1.82) is 0 Å². The summed E-state index contributed by atoms with van der Waals surface area (Å²) < 4.78 is 4.84. The molecule has 1 saturated heterocycles. The molecule has 1 fully saturated rings. The lowest BCUT2D eigenvalue weighted by Gasteiger charge is -2.40. The molecule has 0 saturated carbocycles. The Morgan fingerprint density at radius 1 is 1.60 bits per heavy atom. The highest BCUT2D eigenvalue weighted by molar-refractivity contribution is 5.94. The lowest BCUT2D eigenvalue weighted by Crippen LogP contribution is -2.47. The molecular formula is C15H23N3O2. The molecular weight excluding hydrogens is 254 g/mol. The minimum atomic E-state index is -0.346. The van der Waals surface area contributed by atoms with E-state index in [-0.39, 0.29) is 12.0 Å². The molecule has 1 aliphatic rings. The summed E-state index contributed by atoms with van der Waals surface area (Å²) in [6, 6.07) is 3.76. The van der Waals surface area contributed by atoms with E-state index in [1.54, 1.807) is 18.3 Å². The normalized spacial score (nSPS) is 22.6. The third-order valence-electron chi connectivity index (χ3n) is 4.14. The second kappa shape index (κ2) is 6.70. The van der Waals surface area contributed by atoms with E-state index in [4.69, 9.17) is 10.5 Å². The zero-order chi connectivity index (χ0) is 14.5. The predicted octanol–water partition coefficient (Wildman–Crippen LogP) is 1.82. The molecule has 2 unspecified atom stereocenters. The molecule has 2 N–H and O–H groups in total. The van der Waals surface area contributed by atoms with Gasteiger partial charge in [-0.25, -0.2) is 9.78 Å². The van der Waals surface area contributed by atoms with Gasteiger partial charge in [0.15, 0.2) is 0 Å². The van der Waals surface area contributed by atoms with Crippen LogP contribution in [0.2, 0.25) is 0 Å². The number of piperidine rings is 1. The van der Waals surface area contributed by atoms with Gasteiger partial charge in [-0.15, -0.1) is 0 Å². The third-order valence-corrected chi connectivity index (χ3v) is 4.14. The molecule has 110 valence electrons. The number of carbonyl (C=O) groups excluding carboxylic acids is 1. The molecule has 1 aliphatic heterocycles. The SMILES string of the molecule is CCC1CCN(c2ncccc2C(=O)OC)C(CN)C1. The number of esters is 1. The van der Waals surface area contributed by atoms with Gasteiger partial charge in [-0.2, -0.15) is 0 Å². The van der Waals surface area contributed by atoms with Gasteiger partial charge in [0, 0.05) is 25.3 Å². The van der Waals surface area contributed by atoms with Gasteiger partial charge in [0.1, 0.15) is 11.4 Å². The van der Waals surface area contributed by atoms with Crippen molar-refractivity contribution in [2.75, 3.05) is 25.1 Å². The number of rotatable bonds is 4. The van der Waals surface area contributed by atoms with Crippen molar-refractivity contribution in [3.63, 3.8) is 0 Å². The van der Waals surface area contributed by atoms with Crippen molar-refractivity contribution in [2.24, 2.45) is 11.7 Å². The predicted molar refractivity (Wildman–Crippen MR) is 78.8 cm³/mol. The minimum absolute atomic E-state index is 0.243. The molecule has 1 aromatic rings. The van der Waals surface area contributed by atoms with Gasteiger partial charge in [-0.05, 0) is 30.9 Å². The number of hydrogen-bond acceptors (Lipinski definition) is 5. The number of anilines is 1. The van der Waals surface area contributed by atoms with E-state index in [1.807, 2.05) is 0 Å². The number of nitrogens with zero attached hydrogens (tertiary/aromatic N) is 2. The van der Waals surface area contributed by atoms with E-state index in [0.29, 0.717) is 23.8 Å². The Kier molecular flexibility index (Phi) is 4.95. The largest absolute Gasteiger partial charge is 0.465 e. The summed E-state index contributed by atoms with van der Waals surface area (Å²) in [6.45, 7) is 3.68. The number of nitrogens with two attached hydrogens (primary N) is 1. The van der Waals surface area contributed by atoms with Crippen LogP contribution in [0.3, 0.4) is 0 Å². The van der Waals surface area contributed by atoms with Gasteiger partial charge in [-0.1, -0.05) is 13.3 Å². The summed E-state index contributed by atoms with van der Waals surface area (Å²) in [6.07, 6.45) is 5.06. The Hall–Kier alpha value is -1.62. The Morgan fingerprint density at radius 2 is 2.40 bits per heavy atom. The molecule has 20 heavy (non-hydrogen) atoms. The fourth-order valence-electron chi connectivity index (χ4n) is 2.90. The van der Waals surface area contributed by atoms with Crippen LogP contribution in [-0.2, 0) is 4.74 Å². The zero-order valence-electron chi connectivity index (χ0n) is 12.2. The highest BCUT2D eigenvalue weighted by Crippen LogP contribution is 2.30. The van der Waals surface area contributed by atoms with Crippen LogP contribution in [0.4, 0.5) is 5.82 Å². The molecule has 0 amide bonds. The van der Waals surface area contributed by atoms with E-state index in [0.717, 1.165) is 19.4 Å². The van der Waals surface area contributed by atoms with Gasteiger partial charge in [0.05, 0.1) is 7.11 Å². The fraction of sp³-hybridized carbons (Fsp3) is 0.600. The van der Waals surface area contributed by atoms with Gasteiger partial charge in [0.2, 0.25) is 0 Å². The van der Waals surface area contributed by atoms with E-state index < -0.39 is 0 Å². The van der Waals surface area contributed by atoms with Crippen LogP contribution in [0.1, 0.15) is 36.5 Å². The Morgan fingerprint density at radius 3 is 3.05 bits per heavy atom. The highest BCUT2D eigenvalue weighted by atomic mass is 16.5. The first-order valence-corrected chi connectivity index (χ1v) is 7.21. The first-order valence-electron chi connectivity index (χ1n) is 7.21. The second-order valence-electron chi connectivity index (χ2n) is 5.25. The van der Waals surface area contributed by atoms with Gasteiger partial charge in [-0.3, -0.25) is 0 Å². The molecule has 0 spiro atoms. The third kappa shape index (κ3) is 2.93. The number of carbonyl (C=O) groups is 1. The van der Waals surface area contributed by atoms with E-state index in [1.165, 1.54) is 13.5 Å². The molecule has 0 aliphatic carbocycles. The topological polar surface area (TPSA) is 68.5 Å². The molecule has 0 radical (unpaired) electrons. The molecule has 0 bridgehead atoms. The fourth-order valence-corrected chi connectivity index (χ4v) is 2.90. The first kappa shape index (κ1) is 14.8. The van der Waals surface area contributed by atoms with Gasteiger partial charge in [0.25, 0.3) is 0 Å². The first-order chi connectivity index (χ1) is 9.71. The van der Waals surface area contributed by atoms with Crippen molar-refractivity contribution in [3.05, 3.63) is 23.9 Å². The number of methoxy groups -OCH3 is 1.